The molecular formula is CK2N2O2. The zero-order chi connectivity index (χ0) is 4.28. The van der Waals surface area contributed by atoms with Crippen LogP contribution in [0, 0.1) is 0 Å². The molecule has 0 aliphatic heterocycles. The number of amides is 1. The summed E-state index contributed by atoms with van der Waals surface area (Å²) in [6.45, 7) is 0. The van der Waals surface area contributed by atoms with Crippen LogP contribution in [0.5, 0.6) is 0 Å². The van der Waals surface area contributed by atoms with Crippen molar-refractivity contribution in [2.24, 2.45) is 5.11 Å². The summed E-state index contributed by atoms with van der Waals surface area (Å²) in [5.74, 6) is 0. The molecule has 0 bridgehead atoms. The third-order valence-electron chi connectivity index (χ3n) is 0.0816. The molecule has 0 aliphatic carbocycles. The summed E-state index contributed by atoms with van der Waals surface area (Å²) in [5, 5.41) is 10.5. The van der Waals surface area contributed by atoms with Crippen LogP contribution in [-0.4, -0.2) is 6.09 Å². The number of carboxylic acid groups (broad SMARTS) is 1. The first-order valence-corrected chi connectivity index (χ1v) is 0.832. The predicted octanol–water partition coefficient (Wildman–Crippen LogP) is -6.64. The quantitative estimate of drug-likeness (QED) is 0.254. The number of carbonyl (C=O) groups is 1. The Kier molecular flexibility index (Phi) is 25.8. The molecule has 0 aromatic rings. The van der Waals surface area contributed by atoms with Crippen LogP contribution in [-0.2, 0) is 0 Å². The van der Waals surface area contributed by atoms with Crippen LogP contribution in [0.1, 0.15) is 0 Å². The minimum absolute atomic E-state index is 0. The first kappa shape index (κ1) is 16.2. The van der Waals surface area contributed by atoms with Crippen molar-refractivity contribution in [2.75, 3.05) is 0 Å². The van der Waals surface area contributed by atoms with Crippen molar-refractivity contribution in [3.63, 3.8) is 0 Å². The average molecular weight is 150 g/mol. The summed E-state index contributed by atoms with van der Waals surface area (Å²) in [4.78, 5) is 8.84. The molecule has 0 aliphatic rings. The monoisotopic (exact) mass is 150 g/mol. The zero-order valence-corrected chi connectivity index (χ0v) is 10.5. The minimum atomic E-state index is -1.81. The molecule has 0 saturated carbocycles. The fourth-order valence-corrected chi connectivity index (χ4v) is 0. The predicted molar refractivity (Wildman–Crippen MR) is 11.2 cm³/mol. The number of rotatable bonds is 0. The van der Waals surface area contributed by atoms with Crippen molar-refractivity contribution in [3.8, 4) is 0 Å². The maximum Gasteiger partial charge on any atom is 1.00 e. The van der Waals surface area contributed by atoms with Crippen LogP contribution in [0.4, 0.5) is 4.79 Å². The second kappa shape index (κ2) is 11.2. The molecule has 0 aromatic carbocycles. The summed E-state index contributed by atoms with van der Waals surface area (Å²) in [7, 11) is 0. The molecule has 0 unspecified atom stereocenters. The molecular weight excluding hydrogens is 150 g/mol. The van der Waals surface area contributed by atoms with Crippen LogP contribution in [0.15, 0.2) is 5.11 Å². The van der Waals surface area contributed by atoms with Crippen molar-refractivity contribution >= 4 is 6.09 Å². The van der Waals surface area contributed by atoms with Gasteiger partial charge < -0.3 is 20.5 Å². The van der Waals surface area contributed by atoms with Crippen molar-refractivity contribution < 1.29 is 113 Å². The van der Waals surface area contributed by atoms with E-state index in [1.54, 1.807) is 5.11 Å². The largest absolute Gasteiger partial charge is 1.00 e. The second-order valence-corrected chi connectivity index (χ2v) is 0.366. The van der Waals surface area contributed by atoms with Gasteiger partial charge in [-0.1, -0.05) is 0 Å². The van der Waals surface area contributed by atoms with E-state index in [0.29, 0.717) is 0 Å². The Balaban J connectivity index is -0.0000000800. The molecule has 0 aromatic heterocycles. The molecule has 0 radical (unpaired) electrons. The fraction of sp³-hybridized carbons (Fsp3) is 0. The molecule has 0 N–H and O–H groups in total. The summed E-state index contributed by atoms with van der Waals surface area (Å²) in [5.41, 5.74) is 7.11. The molecule has 6 heteroatoms. The zero-order valence-electron chi connectivity index (χ0n) is 4.21. The summed E-state index contributed by atoms with van der Waals surface area (Å²) >= 11 is 0. The Hall–Kier alpha value is 2.34. The van der Waals surface area contributed by atoms with E-state index >= 15 is 0 Å². The van der Waals surface area contributed by atoms with Crippen LogP contribution < -0.4 is 108 Å². The molecule has 7 heavy (non-hydrogen) atoms. The smallest absolute Gasteiger partial charge is 0.705 e. The van der Waals surface area contributed by atoms with Crippen LogP contribution in [0.2, 0.25) is 0 Å². The Morgan fingerprint density at radius 2 is 1.71 bits per heavy atom. The van der Waals surface area contributed by atoms with E-state index in [0.717, 1.165) is 0 Å². The third-order valence-corrected chi connectivity index (χ3v) is 0.0816. The Morgan fingerprint density at radius 3 is 1.71 bits per heavy atom. The van der Waals surface area contributed by atoms with Crippen molar-refractivity contribution in [3.05, 3.63) is 5.53 Å². The molecule has 4 nitrogen and oxygen atoms in total. The van der Waals surface area contributed by atoms with Gasteiger partial charge in [0.05, 0.1) is 0 Å². The Bertz CT molecular complexity index is 64.7. The molecule has 0 saturated heterocycles. The van der Waals surface area contributed by atoms with Gasteiger partial charge in [0.15, 0.2) is 0 Å². The van der Waals surface area contributed by atoms with Gasteiger partial charge in [-0.15, -0.1) is 0 Å². The molecule has 0 spiro atoms. The second-order valence-electron chi connectivity index (χ2n) is 0.366. The van der Waals surface area contributed by atoms with E-state index in [1.807, 2.05) is 0 Å². The van der Waals surface area contributed by atoms with Gasteiger partial charge in [0.25, 0.3) is 0 Å². The van der Waals surface area contributed by atoms with E-state index in [2.05, 4.69) is 0 Å². The number of nitrogens with zero attached hydrogens (tertiary/aromatic N) is 2. The maximum absolute atomic E-state index is 8.84. The van der Waals surface area contributed by atoms with Gasteiger partial charge in [-0.3, -0.25) is 0 Å². The molecule has 0 rings (SSSR count). The van der Waals surface area contributed by atoms with Gasteiger partial charge in [0, 0.05) is 0 Å². The van der Waals surface area contributed by atoms with Gasteiger partial charge >= 0.3 is 103 Å². The van der Waals surface area contributed by atoms with E-state index in [9.17, 15) is 0 Å². The topological polar surface area (TPSA) is 74.8 Å². The number of hydrogen-bond acceptors (Lipinski definition) is 2. The Labute approximate surface area is 126 Å². The molecule has 0 fully saturated rings. The fourth-order valence-electron chi connectivity index (χ4n) is 0. The van der Waals surface area contributed by atoms with E-state index in [4.69, 9.17) is 15.4 Å². The molecule has 0 heterocycles. The van der Waals surface area contributed by atoms with Gasteiger partial charge in [0.1, 0.15) is 6.09 Å². The first-order chi connectivity index (χ1) is 2.27. The normalized spacial score (nSPS) is 4.57. The van der Waals surface area contributed by atoms with E-state index < -0.39 is 6.09 Å². The van der Waals surface area contributed by atoms with Crippen LogP contribution in [0.3, 0.4) is 0 Å². The van der Waals surface area contributed by atoms with Gasteiger partial charge in [0.2, 0.25) is 0 Å². The summed E-state index contributed by atoms with van der Waals surface area (Å²) in [6, 6.07) is 0. The van der Waals surface area contributed by atoms with Crippen molar-refractivity contribution in [1.82, 2.24) is 0 Å². The first-order valence-electron chi connectivity index (χ1n) is 0.832. The molecule has 1 amide bonds. The minimum Gasteiger partial charge on any atom is -0.705 e. The standard InChI is InChI=1S/CHN2O2.2K/c2-3-1(4)5;;/h(H,4,5);;/q-1;2*+1/p-1. The van der Waals surface area contributed by atoms with Gasteiger partial charge in [-0.25, -0.2) is 0 Å². The maximum atomic E-state index is 8.84. The van der Waals surface area contributed by atoms with Crippen molar-refractivity contribution in [1.29, 1.82) is 0 Å². The van der Waals surface area contributed by atoms with Crippen molar-refractivity contribution in [2.45, 2.75) is 0 Å². The Morgan fingerprint density at radius 1 is 1.57 bits per heavy atom. The van der Waals surface area contributed by atoms with Crippen LogP contribution in [0.25, 0.3) is 5.53 Å². The molecule has 28 valence electrons. The summed E-state index contributed by atoms with van der Waals surface area (Å²) < 4.78 is 0. The van der Waals surface area contributed by atoms with Crippen LogP contribution >= 0.6 is 0 Å². The van der Waals surface area contributed by atoms with Gasteiger partial charge in [-0.2, -0.15) is 0 Å². The van der Waals surface area contributed by atoms with E-state index in [-0.39, 0.29) is 103 Å². The van der Waals surface area contributed by atoms with E-state index in [1.165, 1.54) is 0 Å². The van der Waals surface area contributed by atoms with Gasteiger partial charge in [-0.05, 0) is 0 Å². The number of carbonyl (C=O) groups excluding carboxylic acids is 1. The SMILES string of the molecule is [K+].[K+].[N-]=NC(=O)[O-]. The average Bonchev–Trinajstić information content (AvgIpc) is 1.38. The number of hydrogen-bond donors (Lipinski definition) is 0. The third kappa shape index (κ3) is 17.8. The summed E-state index contributed by atoms with van der Waals surface area (Å²) in [6.07, 6.45) is -1.81. The molecule has 0 atom stereocenters.